The van der Waals surface area contributed by atoms with Gasteiger partial charge in [0.1, 0.15) is 0 Å². The van der Waals surface area contributed by atoms with Gasteiger partial charge in [-0.15, -0.1) is 0 Å². The van der Waals surface area contributed by atoms with Crippen LogP contribution in [0.2, 0.25) is 9.26 Å². The van der Waals surface area contributed by atoms with E-state index in [1.807, 2.05) is 0 Å². The molecule has 0 aromatic heterocycles. The van der Waals surface area contributed by atoms with Gasteiger partial charge in [-0.25, -0.2) is 0 Å². The zero-order chi connectivity index (χ0) is 32.0. The van der Waals surface area contributed by atoms with Crippen molar-refractivity contribution in [3.05, 3.63) is 177 Å². The molecule has 48 heavy (non-hydrogen) atoms. The third-order valence-corrected chi connectivity index (χ3v) is 29.1. The van der Waals surface area contributed by atoms with Crippen molar-refractivity contribution in [3.63, 3.8) is 0 Å². The van der Waals surface area contributed by atoms with Crippen molar-refractivity contribution in [2.75, 3.05) is 0 Å². The molecule has 0 saturated carbocycles. The third-order valence-electron chi connectivity index (χ3n) is 11.2. The molecule has 2 unspecified atom stereocenters. The molecule has 240 valence electrons. The first kappa shape index (κ1) is 34.8. The monoisotopic (exact) mass is 758 g/mol. The van der Waals surface area contributed by atoms with Crippen molar-refractivity contribution in [2.45, 2.75) is 44.2 Å². The standard InChI is InChI=1S/2C21H17.2CH3.2ClH.H2Si.Zr/c2*1-14-10-11-17-13-15(2)21(20(17)12-14)19-9-5-7-16-6-3-4-8-18(16)19;;;;;;/h2*3-13H,1-2H3;2*1H3;2*1H;1H2;/q;;;;;;;+2/p-2. The van der Waals surface area contributed by atoms with E-state index in [4.69, 9.17) is 0 Å². The van der Waals surface area contributed by atoms with E-state index in [0.717, 1.165) is 0 Å². The average Bonchev–Trinajstić information content (AvgIpc) is 3.50. The summed E-state index contributed by atoms with van der Waals surface area (Å²) in [5.41, 5.74) is 17.5. The van der Waals surface area contributed by atoms with Crippen molar-refractivity contribution in [3.8, 4) is 0 Å². The summed E-state index contributed by atoms with van der Waals surface area (Å²) < 4.78 is 6.44. The van der Waals surface area contributed by atoms with Gasteiger partial charge in [0.2, 0.25) is 0 Å². The van der Waals surface area contributed by atoms with Crippen molar-refractivity contribution in [1.82, 2.24) is 0 Å². The summed E-state index contributed by atoms with van der Waals surface area (Å²) in [4.78, 5) is 0. The summed E-state index contributed by atoms with van der Waals surface area (Å²) in [5, 5.41) is 5.33. The largest absolute Gasteiger partial charge is 1.00 e. The van der Waals surface area contributed by atoms with Crippen LogP contribution >= 0.6 is 0 Å². The molecule has 0 saturated heterocycles. The fraction of sp³-hybridized carbons (Fsp3) is 0.182. The fourth-order valence-electron chi connectivity index (χ4n) is 9.67. The Labute approximate surface area is 300 Å². The number of aryl methyl sites for hydroxylation is 2. The maximum Gasteiger partial charge on any atom is -1.00 e. The van der Waals surface area contributed by atoms with Crippen molar-refractivity contribution in [1.29, 1.82) is 0 Å². The molecule has 4 heteroatoms. The number of fused-ring (bicyclic) bond motifs is 4. The first-order chi connectivity index (χ1) is 22.0. The normalized spacial score (nSPS) is 16.8. The Hall–Kier alpha value is -3.00. The Morgan fingerprint density at radius 1 is 0.458 bits per heavy atom. The van der Waals surface area contributed by atoms with Crippen LogP contribution in [0, 0.1) is 13.8 Å². The minimum absolute atomic E-state index is 0. The van der Waals surface area contributed by atoms with Gasteiger partial charge in [0.15, 0.2) is 0 Å². The van der Waals surface area contributed by atoms with E-state index in [0.29, 0.717) is 7.25 Å². The zero-order valence-corrected chi connectivity index (χ0v) is 34.0. The van der Waals surface area contributed by atoms with Crippen LogP contribution in [0.3, 0.4) is 0 Å². The van der Waals surface area contributed by atoms with Crippen LogP contribution in [0.1, 0.15) is 65.6 Å². The molecule has 2 aliphatic carbocycles. The van der Waals surface area contributed by atoms with Gasteiger partial charge in [0.25, 0.3) is 0 Å². The summed E-state index contributed by atoms with van der Waals surface area (Å²) in [7, 11) is 0. The minimum atomic E-state index is -3.82. The second kappa shape index (κ2) is 12.4. The Bertz CT molecular complexity index is 2230. The van der Waals surface area contributed by atoms with E-state index in [2.05, 4.69) is 165 Å². The molecule has 0 heterocycles. The number of halogens is 2. The average molecular weight is 761 g/mol. The summed E-state index contributed by atoms with van der Waals surface area (Å²) in [6.45, 7) is 11.9. The van der Waals surface area contributed by atoms with Crippen LogP contribution in [0.5, 0.6) is 0 Å². The zero-order valence-electron chi connectivity index (χ0n) is 28.7. The van der Waals surface area contributed by atoms with Gasteiger partial charge < -0.3 is 24.8 Å². The number of allylic oxidation sites excluding steroid dienone is 2. The first-order valence-corrected chi connectivity index (χ1v) is 30.4. The Morgan fingerprint density at radius 2 is 0.833 bits per heavy atom. The van der Waals surface area contributed by atoms with E-state index in [1.54, 1.807) is 22.3 Å². The van der Waals surface area contributed by atoms with Crippen molar-refractivity contribution < 1.29 is 42.2 Å². The molecular formula is C44H42Cl2SiZr. The van der Waals surface area contributed by atoms with Gasteiger partial charge >= 0.3 is 278 Å². The second-order valence-corrected chi connectivity index (χ2v) is 45.6. The number of hydrogen-bond acceptors (Lipinski definition) is 0. The van der Waals surface area contributed by atoms with Gasteiger partial charge in [0, 0.05) is 0 Å². The third kappa shape index (κ3) is 5.18. The number of benzene rings is 6. The molecule has 0 nitrogen and oxygen atoms in total. The van der Waals surface area contributed by atoms with Gasteiger partial charge in [-0.3, -0.25) is 0 Å². The van der Waals surface area contributed by atoms with Gasteiger partial charge in [-0.05, 0) is 0 Å². The Kier molecular flexibility index (Phi) is 9.00. The molecular weight excluding hydrogens is 719 g/mol. The smallest absolute Gasteiger partial charge is 1.00 e. The van der Waals surface area contributed by atoms with E-state index < -0.39 is 17.4 Å². The van der Waals surface area contributed by atoms with Crippen LogP contribution in [0.15, 0.2) is 132 Å². The van der Waals surface area contributed by atoms with Gasteiger partial charge in [-0.1, -0.05) is 0 Å². The maximum atomic E-state index is 2.77. The van der Waals surface area contributed by atoms with Gasteiger partial charge in [-0.2, -0.15) is 0 Å². The van der Waals surface area contributed by atoms with Gasteiger partial charge in [0.05, 0.1) is 0 Å². The van der Waals surface area contributed by atoms with Crippen LogP contribution in [-0.4, -0.2) is 6.88 Å². The molecule has 0 fully saturated rings. The maximum absolute atomic E-state index is 3.82. The van der Waals surface area contributed by atoms with Crippen molar-refractivity contribution in [2.24, 2.45) is 0 Å². The Morgan fingerprint density at radius 3 is 1.25 bits per heavy atom. The molecule has 0 spiro atoms. The molecule has 0 amide bonds. The SMILES string of the molecule is CC1=C(c2cccc3ccccc23)c2cc(C)ccc2[CH]1[Zr+2]([CH3])([CH3])(=[SiH2])[CH]1C(C)=C(c2cccc3ccccc23)c2cc(C)ccc21.[Cl-].[Cl-]. The van der Waals surface area contributed by atoms with Crippen molar-refractivity contribution >= 4 is 39.6 Å². The van der Waals surface area contributed by atoms with Crippen LogP contribution in [0.4, 0.5) is 0 Å². The van der Waals surface area contributed by atoms with Crippen LogP contribution in [0.25, 0.3) is 32.7 Å². The summed E-state index contributed by atoms with van der Waals surface area (Å²) >= 11 is -3.82. The molecule has 0 aliphatic heterocycles. The van der Waals surface area contributed by atoms with E-state index in [1.165, 1.54) is 66.1 Å². The molecule has 8 rings (SSSR count). The van der Waals surface area contributed by atoms with E-state index in [9.17, 15) is 0 Å². The molecule has 0 bridgehead atoms. The topological polar surface area (TPSA) is 0 Å². The number of hydrogen-bond donors (Lipinski definition) is 0. The van der Waals surface area contributed by atoms with Crippen LogP contribution in [-0.2, 0) is 17.4 Å². The predicted octanol–water partition coefficient (Wildman–Crippen LogP) is 5.40. The summed E-state index contributed by atoms with van der Waals surface area (Å²) in [5.74, 6) is 0. The number of rotatable bonds is 4. The molecule has 2 atom stereocenters. The van der Waals surface area contributed by atoms with E-state index in [-0.39, 0.29) is 24.8 Å². The molecule has 6 aromatic rings. The van der Waals surface area contributed by atoms with E-state index >= 15 is 0 Å². The summed E-state index contributed by atoms with van der Waals surface area (Å²) in [6.07, 6.45) is 0. The summed E-state index contributed by atoms with van der Waals surface area (Å²) in [6, 6.07) is 46.2. The predicted molar refractivity (Wildman–Crippen MR) is 199 cm³/mol. The quantitative estimate of drug-likeness (QED) is 0.211. The first-order valence-electron chi connectivity index (χ1n) is 16.7. The Balaban J connectivity index is 0.00000201. The molecule has 6 aromatic carbocycles. The minimum Gasteiger partial charge on any atom is -1.00 e. The fourth-order valence-corrected chi connectivity index (χ4v) is 30.7. The molecule has 2 aliphatic rings. The second-order valence-electron chi connectivity index (χ2n) is 15.2. The molecule has 0 radical (unpaired) electrons. The molecule has 0 N–H and O–H groups in total. The van der Waals surface area contributed by atoms with Crippen LogP contribution < -0.4 is 24.8 Å².